The molecular weight excluding hydrogens is 342 g/mol. The van der Waals surface area contributed by atoms with Crippen molar-refractivity contribution in [1.29, 1.82) is 0 Å². The van der Waals surface area contributed by atoms with Crippen molar-refractivity contribution in [2.75, 3.05) is 11.9 Å². The molecule has 5 heteroatoms. The molecule has 1 aromatic rings. The molecule has 0 saturated heterocycles. The fraction of sp³-hybridized carbons (Fsp3) is 0.533. The second kappa shape index (κ2) is 7.32. The quantitative estimate of drug-likeness (QED) is 0.795. The van der Waals surface area contributed by atoms with Crippen LogP contribution in [0.3, 0.4) is 0 Å². The Morgan fingerprint density at radius 1 is 1.50 bits per heavy atom. The maximum atomic E-state index is 11.8. The minimum Gasteiger partial charge on any atom is -0.466 e. The largest absolute Gasteiger partial charge is 0.466 e. The second-order valence-corrected chi connectivity index (χ2v) is 6.35. The van der Waals surface area contributed by atoms with Crippen LogP contribution in [0.25, 0.3) is 0 Å². The van der Waals surface area contributed by atoms with E-state index in [-0.39, 0.29) is 11.9 Å². The van der Waals surface area contributed by atoms with Crippen LogP contribution in [-0.4, -0.2) is 18.6 Å². The molecule has 1 aliphatic carbocycles. The highest BCUT2D eigenvalue weighted by Crippen LogP contribution is 2.30. The molecule has 0 aliphatic heterocycles. The van der Waals surface area contributed by atoms with Gasteiger partial charge in [-0.05, 0) is 60.3 Å². The Balaban J connectivity index is 1.95. The zero-order chi connectivity index (χ0) is 14.5. The van der Waals surface area contributed by atoms with Crippen molar-refractivity contribution >= 4 is 39.2 Å². The van der Waals surface area contributed by atoms with Gasteiger partial charge < -0.3 is 10.1 Å². The Morgan fingerprint density at radius 3 is 3.00 bits per heavy atom. The molecule has 0 heterocycles. The summed E-state index contributed by atoms with van der Waals surface area (Å²) in [6.07, 6.45) is 3.90. The summed E-state index contributed by atoms with van der Waals surface area (Å²) in [5.41, 5.74) is 1.02. The third-order valence-corrected chi connectivity index (χ3v) is 4.80. The van der Waals surface area contributed by atoms with Gasteiger partial charge in [-0.15, -0.1) is 0 Å². The SMILES string of the molecule is CCOC(=O)C1CCCC(Nc2ccc(Cl)c(Br)c2)C1. The van der Waals surface area contributed by atoms with E-state index < -0.39 is 0 Å². The third-order valence-electron chi connectivity index (χ3n) is 3.58. The highest BCUT2D eigenvalue weighted by atomic mass is 79.9. The number of halogens is 2. The van der Waals surface area contributed by atoms with Crippen LogP contribution in [0.2, 0.25) is 5.02 Å². The molecule has 2 atom stereocenters. The van der Waals surface area contributed by atoms with Crippen LogP contribution < -0.4 is 5.32 Å². The number of anilines is 1. The van der Waals surface area contributed by atoms with Gasteiger partial charge in [-0.1, -0.05) is 18.0 Å². The molecule has 0 bridgehead atoms. The zero-order valence-corrected chi connectivity index (χ0v) is 13.8. The van der Waals surface area contributed by atoms with Gasteiger partial charge in [0, 0.05) is 16.2 Å². The summed E-state index contributed by atoms with van der Waals surface area (Å²) in [5, 5.41) is 4.18. The van der Waals surface area contributed by atoms with E-state index in [0.717, 1.165) is 35.8 Å². The van der Waals surface area contributed by atoms with Crippen molar-refractivity contribution in [3.63, 3.8) is 0 Å². The van der Waals surface area contributed by atoms with E-state index in [4.69, 9.17) is 16.3 Å². The lowest BCUT2D eigenvalue weighted by Crippen LogP contribution is -2.32. The van der Waals surface area contributed by atoms with Crippen molar-refractivity contribution in [3.05, 3.63) is 27.7 Å². The van der Waals surface area contributed by atoms with Crippen molar-refractivity contribution in [2.45, 2.75) is 38.6 Å². The molecule has 3 nitrogen and oxygen atoms in total. The number of rotatable bonds is 4. The second-order valence-electron chi connectivity index (χ2n) is 5.09. The normalized spacial score (nSPS) is 22.4. The summed E-state index contributed by atoms with van der Waals surface area (Å²) in [7, 11) is 0. The summed E-state index contributed by atoms with van der Waals surface area (Å²) in [6.45, 7) is 2.30. The minimum absolute atomic E-state index is 0.0249. The van der Waals surface area contributed by atoms with E-state index in [1.165, 1.54) is 0 Å². The predicted molar refractivity (Wildman–Crippen MR) is 85.2 cm³/mol. The van der Waals surface area contributed by atoms with Crippen LogP contribution in [0.5, 0.6) is 0 Å². The molecule has 0 radical (unpaired) electrons. The summed E-state index contributed by atoms with van der Waals surface area (Å²) >= 11 is 9.41. The molecule has 0 spiro atoms. The van der Waals surface area contributed by atoms with Crippen LogP contribution in [0, 0.1) is 5.92 Å². The Bertz CT molecular complexity index is 481. The highest BCUT2D eigenvalue weighted by molar-refractivity contribution is 9.10. The predicted octanol–water partition coefficient (Wildman–Crippen LogP) is 4.64. The monoisotopic (exact) mass is 359 g/mol. The third kappa shape index (κ3) is 4.13. The Morgan fingerprint density at radius 2 is 2.30 bits per heavy atom. The first kappa shape index (κ1) is 15.6. The number of hydrogen-bond donors (Lipinski definition) is 1. The van der Waals surface area contributed by atoms with Gasteiger partial charge in [0.25, 0.3) is 0 Å². The first-order valence-corrected chi connectivity index (χ1v) is 8.15. The van der Waals surface area contributed by atoms with Crippen LogP contribution in [0.4, 0.5) is 5.69 Å². The number of hydrogen-bond acceptors (Lipinski definition) is 3. The van der Waals surface area contributed by atoms with Gasteiger partial charge in [0.15, 0.2) is 0 Å². The van der Waals surface area contributed by atoms with Gasteiger partial charge in [0.2, 0.25) is 0 Å². The van der Waals surface area contributed by atoms with Gasteiger partial charge in [-0.3, -0.25) is 4.79 Å². The van der Waals surface area contributed by atoms with Gasteiger partial charge in [-0.2, -0.15) is 0 Å². The van der Waals surface area contributed by atoms with Crippen LogP contribution in [0.1, 0.15) is 32.6 Å². The maximum Gasteiger partial charge on any atom is 0.308 e. The van der Waals surface area contributed by atoms with E-state index in [0.29, 0.717) is 17.7 Å². The van der Waals surface area contributed by atoms with Crippen LogP contribution >= 0.6 is 27.5 Å². The number of nitrogens with one attached hydrogen (secondary N) is 1. The minimum atomic E-state index is -0.0590. The molecule has 20 heavy (non-hydrogen) atoms. The van der Waals surface area contributed by atoms with E-state index >= 15 is 0 Å². The molecule has 1 aliphatic rings. The van der Waals surface area contributed by atoms with Crippen molar-refractivity contribution in [1.82, 2.24) is 0 Å². The first-order valence-electron chi connectivity index (χ1n) is 6.98. The molecule has 0 amide bonds. The van der Waals surface area contributed by atoms with Crippen molar-refractivity contribution in [3.8, 4) is 0 Å². The van der Waals surface area contributed by atoms with Crippen LogP contribution in [-0.2, 0) is 9.53 Å². The Kier molecular flexibility index (Phi) is 5.73. The molecule has 1 saturated carbocycles. The summed E-state index contributed by atoms with van der Waals surface area (Å²) in [4.78, 5) is 11.8. The number of carbonyl (C=O) groups is 1. The number of carbonyl (C=O) groups excluding carboxylic acids is 1. The van der Waals surface area contributed by atoms with Crippen LogP contribution in [0.15, 0.2) is 22.7 Å². The highest BCUT2D eigenvalue weighted by Gasteiger charge is 2.28. The van der Waals surface area contributed by atoms with E-state index in [2.05, 4.69) is 21.2 Å². The molecule has 2 unspecified atom stereocenters. The summed E-state index contributed by atoms with van der Waals surface area (Å²) in [5.74, 6) is -0.0340. The molecule has 1 aromatic carbocycles. The molecular formula is C15H19BrClNO2. The van der Waals surface area contributed by atoms with Crippen molar-refractivity contribution in [2.24, 2.45) is 5.92 Å². The Labute approximate surface area is 133 Å². The van der Waals surface area contributed by atoms with Gasteiger partial charge in [0.1, 0.15) is 0 Å². The standard InChI is InChI=1S/C15H19BrClNO2/c1-2-20-15(19)10-4-3-5-11(8-10)18-12-6-7-14(17)13(16)9-12/h6-7,9-11,18H,2-5,8H2,1H3. The molecule has 0 aromatic heterocycles. The summed E-state index contributed by atoms with van der Waals surface area (Å²) < 4.78 is 6.00. The fourth-order valence-electron chi connectivity index (χ4n) is 2.62. The van der Waals surface area contributed by atoms with Gasteiger partial charge >= 0.3 is 5.97 Å². The zero-order valence-electron chi connectivity index (χ0n) is 11.5. The average molecular weight is 361 g/mol. The number of esters is 1. The van der Waals surface area contributed by atoms with Crippen molar-refractivity contribution < 1.29 is 9.53 Å². The molecule has 110 valence electrons. The lowest BCUT2D eigenvalue weighted by Gasteiger charge is -2.29. The van der Waals surface area contributed by atoms with Gasteiger partial charge in [-0.25, -0.2) is 0 Å². The fourth-order valence-corrected chi connectivity index (χ4v) is 3.11. The summed E-state index contributed by atoms with van der Waals surface area (Å²) in [6, 6.07) is 6.10. The van der Waals surface area contributed by atoms with E-state index in [9.17, 15) is 4.79 Å². The first-order chi connectivity index (χ1) is 9.60. The molecule has 2 rings (SSSR count). The number of benzene rings is 1. The van der Waals surface area contributed by atoms with Gasteiger partial charge in [0.05, 0.1) is 17.5 Å². The maximum absolute atomic E-state index is 11.8. The lowest BCUT2D eigenvalue weighted by molar-refractivity contribution is -0.149. The van der Waals surface area contributed by atoms with E-state index in [1.807, 2.05) is 25.1 Å². The average Bonchev–Trinajstić information content (AvgIpc) is 2.43. The lowest BCUT2D eigenvalue weighted by atomic mass is 9.85. The number of ether oxygens (including phenoxy) is 1. The molecule has 1 N–H and O–H groups in total. The smallest absolute Gasteiger partial charge is 0.308 e. The van der Waals surface area contributed by atoms with E-state index in [1.54, 1.807) is 0 Å². The Hall–Kier alpha value is -0.740. The molecule has 1 fully saturated rings. The topological polar surface area (TPSA) is 38.3 Å².